The van der Waals surface area contributed by atoms with Gasteiger partial charge in [-0.1, -0.05) is 6.07 Å². The van der Waals surface area contributed by atoms with Gasteiger partial charge < -0.3 is 4.98 Å². The monoisotopic (exact) mass is 421 g/mol. The van der Waals surface area contributed by atoms with Crippen LogP contribution in [0.25, 0.3) is 56.0 Å². The average molecular weight is 421 g/mol. The van der Waals surface area contributed by atoms with Crippen LogP contribution < -0.4 is 0 Å². The number of aromatic nitrogens is 7. The first kappa shape index (κ1) is 18.3. The van der Waals surface area contributed by atoms with E-state index in [1.807, 2.05) is 37.3 Å². The number of hydrogen-bond donors (Lipinski definition) is 2. The van der Waals surface area contributed by atoms with E-state index in [4.69, 9.17) is 0 Å². The lowest BCUT2D eigenvalue weighted by Gasteiger charge is -2.04. The molecule has 8 heteroatoms. The van der Waals surface area contributed by atoms with E-state index in [1.165, 1.54) is 12.1 Å². The number of halogens is 1. The zero-order chi connectivity index (χ0) is 21.7. The van der Waals surface area contributed by atoms with Gasteiger partial charge in [0.15, 0.2) is 11.5 Å². The Balaban J connectivity index is 1.52. The molecule has 154 valence electrons. The first-order chi connectivity index (χ1) is 15.7. The molecule has 32 heavy (non-hydrogen) atoms. The molecular weight excluding hydrogens is 405 g/mol. The van der Waals surface area contributed by atoms with Crippen molar-refractivity contribution >= 4 is 22.1 Å². The number of aryl methyl sites for hydroxylation is 1. The van der Waals surface area contributed by atoms with Crippen molar-refractivity contribution in [2.75, 3.05) is 0 Å². The number of nitrogens with zero attached hydrogens (tertiary/aromatic N) is 5. The van der Waals surface area contributed by atoms with Gasteiger partial charge in [-0.3, -0.25) is 15.1 Å². The number of aromatic amines is 2. The van der Waals surface area contributed by atoms with Crippen LogP contribution >= 0.6 is 0 Å². The zero-order valence-electron chi connectivity index (χ0n) is 17.0. The lowest BCUT2D eigenvalue weighted by molar-refractivity contribution is 0.627. The molecule has 6 rings (SSSR count). The zero-order valence-corrected chi connectivity index (χ0v) is 17.0. The van der Waals surface area contributed by atoms with Gasteiger partial charge in [0.05, 0.1) is 22.9 Å². The van der Waals surface area contributed by atoms with Crippen LogP contribution in [0.1, 0.15) is 5.56 Å². The van der Waals surface area contributed by atoms with Crippen molar-refractivity contribution in [2.45, 2.75) is 6.92 Å². The lowest BCUT2D eigenvalue weighted by Crippen LogP contribution is -1.86. The molecule has 2 N–H and O–H groups in total. The van der Waals surface area contributed by atoms with E-state index in [0.29, 0.717) is 17.2 Å². The van der Waals surface area contributed by atoms with Gasteiger partial charge in [0.1, 0.15) is 11.5 Å². The highest BCUT2D eigenvalue weighted by Crippen LogP contribution is 2.32. The normalized spacial score (nSPS) is 11.4. The highest BCUT2D eigenvalue weighted by Gasteiger charge is 2.17. The van der Waals surface area contributed by atoms with Crippen LogP contribution in [-0.2, 0) is 0 Å². The number of rotatable bonds is 3. The smallest absolute Gasteiger partial charge is 0.178 e. The molecule has 0 radical (unpaired) electrons. The molecular formula is C24H16FN7. The van der Waals surface area contributed by atoms with Crippen molar-refractivity contribution in [2.24, 2.45) is 0 Å². The fourth-order valence-corrected chi connectivity index (χ4v) is 3.93. The molecule has 0 aliphatic rings. The molecule has 0 aliphatic carbocycles. The molecule has 0 bridgehead atoms. The van der Waals surface area contributed by atoms with E-state index in [9.17, 15) is 4.39 Å². The van der Waals surface area contributed by atoms with Crippen molar-refractivity contribution in [1.82, 2.24) is 35.1 Å². The molecule has 5 heterocycles. The van der Waals surface area contributed by atoms with Gasteiger partial charge in [-0.15, -0.1) is 0 Å². The van der Waals surface area contributed by atoms with Gasteiger partial charge in [0.2, 0.25) is 0 Å². The van der Waals surface area contributed by atoms with Crippen molar-refractivity contribution < 1.29 is 4.39 Å². The number of nitrogens with one attached hydrogen (secondary N) is 2. The van der Waals surface area contributed by atoms with Gasteiger partial charge in [-0.05, 0) is 54.4 Å². The molecule has 1 aromatic carbocycles. The Labute approximate surface area is 181 Å². The minimum atomic E-state index is -0.279. The Bertz CT molecular complexity index is 1580. The maximum Gasteiger partial charge on any atom is 0.178 e. The highest BCUT2D eigenvalue weighted by atomic mass is 19.1. The summed E-state index contributed by atoms with van der Waals surface area (Å²) >= 11 is 0. The number of fused-ring (bicyclic) bond motifs is 2. The molecule has 0 amide bonds. The summed E-state index contributed by atoms with van der Waals surface area (Å²) in [4.78, 5) is 21.0. The second-order valence-corrected chi connectivity index (χ2v) is 7.58. The summed E-state index contributed by atoms with van der Waals surface area (Å²) in [5.74, 6) is 0.297. The largest absolute Gasteiger partial charge is 0.335 e. The summed E-state index contributed by atoms with van der Waals surface area (Å²) in [6, 6.07) is 12.6. The molecule has 6 aromatic rings. The van der Waals surface area contributed by atoms with E-state index in [2.05, 4.69) is 35.1 Å². The van der Waals surface area contributed by atoms with Crippen LogP contribution in [-0.4, -0.2) is 35.1 Å². The van der Waals surface area contributed by atoms with Gasteiger partial charge in [-0.25, -0.2) is 14.4 Å². The minimum absolute atomic E-state index is 0.279. The van der Waals surface area contributed by atoms with Crippen LogP contribution in [0.15, 0.2) is 67.3 Å². The van der Waals surface area contributed by atoms with Crippen LogP contribution in [0.4, 0.5) is 4.39 Å². The maximum absolute atomic E-state index is 14.0. The average Bonchev–Trinajstić information content (AvgIpc) is 3.42. The Kier molecular flexibility index (Phi) is 4.04. The molecule has 7 nitrogen and oxygen atoms in total. The molecule has 5 aromatic heterocycles. The van der Waals surface area contributed by atoms with Crippen LogP contribution in [0, 0.1) is 12.7 Å². The molecule has 0 fully saturated rings. The van der Waals surface area contributed by atoms with E-state index in [1.54, 1.807) is 24.8 Å². The number of imidazole rings is 1. The second-order valence-electron chi connectivity index (χ2n) is 7.58. The van der Waals surface area contributed by atoms with Gasteiger partial charge in [0.25, 0.3) is 0 Å². The predicted octanol–water partition coefficient (Wildman–Crippen LogP) is 5.07. The molecule has 0 spiro atoms. The summed E-state index contributed by atoms with van der Waals surface area (Å²) < 4.78 is 14.0. The van der Waals surface area contributed by atoms with Crippen molar-refractivity contribution in [3.05, 3.63) is 78.6 Å². The summed E-state index contributed by atoms with van der Waals surface area (Å²) in [5.41, 5.74) is 6.95. The number of hydrogen-bond acceptors (Lipinski definition) is 5. The summed E-state index contributed by atoms with van der Waals surface area (Å²) in [6.07, 6.45) is 6.90. The highest BCUT2D eigenvalue weighted by molar-refractivity contribution is 5.96. The summed E-state index contributed by atoms with van der Waals surface area (Å²) in [7, 11) is 0. The number of pyridine rings is 3. The van der Waals surface area contributed by atoms with Crippen LogP contribution in [0.5, 0.6) is 0 Å². The SMILES string of the molecule is Cc1cc(F)cc(-c2ccnc3nc(-c4n[nH]c5cnc(-c6ccncc6)cc45)[nH]c23)c1. The third kappa shape index (κ3) is 3.01. The molecule has 0 atom stereocenters. The van der Waals surface area contributed by atoms with E-state index >= 15 is 0 Å². The Morgan fingerprint density at radius 1 is 0.906 bits per heavy atom. The van der Waals surface area contributed by atoms with E-state index < -0.39 is 0 Å². The predicted molar refractivity (Wildman–Crippen MR) is 120 cm³/mol. The fraction of sp³-hybridized carbons (Fsp3) is 0.0417. The number of benzene rings is 1. The first-order valence-electron chi connectivity index (χ1n) is 10.0. The first-order valence-corrected chi connectivity index (χ1v) is 10.0. The van der Waals surface area contributed by atoms with Crippen molar-refractivity contribution in [3.63, 3.8) is 0 Å². The second kappa shape index (κ2) is 7.05. The minimum Gasteiger partial charge on any atom is -0.335 e. The van der Waals surface area contributed by atoms with Gasteiger partial charge >= 0.3 is 0 Å². The summed E-state index contributed by atoms with van der Waals surface area (Å²) in [6.45, 7) is 1.87. The standard InChI is InChI=1S/C24H16FN7/c1-13-8-15(10-16(25)9-13)17-4-7-27-23-21(17)29-24(30-23)22-18-11-19(14-2-5-26-6-3-14)28-12-20(18)31-32-22/h2-12H,1H3,(H,31,32)(H,27,29,30). The molecule has 0 unspecified atom stereocenters. The Morgan fingerprint density at radius 2 is 1.78 bits per heavy atom. The molecule has 0 saturated carbocycles. The third-order valence-electron chi connectivity index (χ3n) is 5.39. The molecule has 0 aliphatic heterocycles. The fourth-order valence-electron chi connectivity index (χ4n) is 3.93. The van der Waals surface area contributed by atoms with Crippen molar-refractivity contribution in [3.8, 4) is 33.9 Å². The lowest BCUT2D eigenvalue weighted by atomic mass is 10.0. The van der Waals surface area contributed by atoms with E-state index in [-0.39, 0.29) is 5.82 Å². The Hall–Kier alpha value is -4.46. The van der Waals surface area contributed by atoms with Crippen LogP contribution in [0.2, 0.25) is 0 Å². The molecule has 0 saturated heterocycles. The maximum atomic E-state index is 14.0. The van der Waals surface area contributed by atoms with Crippen LogP contribution in [0.3, 0.4) is 0 Å². The van der Waals surface area contributed by atoms with Gasteiger partial charge in [0, 0.05) is 35.1 Å². The quantitative estimate of drug-likeness (QED) is 0.416. The van der Waals surface area contributed by atoms with Crippen molar-refractivity contribution in [1.29, 1.82) is 0 Å². The summed E-state index contributed by atoms with van der Waals surface area (Å²) in [5, 5.41) is 8.37. The van der Waals surface area contributed by atoms with E-state index in [0.717, 1.165) is 44.4 Å². The number of H-pyrrole nitrogens is 2. The topological polar surface area (TPSA) is 96.0 Å². The Morgan fingerprint density at radius 3 is 2.62 bits per heavy atom. The third-order valence-corrected chi connectivity index (χ3v) is 5.39. The van der Waals surface area contributed by atoms with Gasteiger partial charge in [-0.2, -0.15) is 5.10 Å².